The minimum absolute atomic E-state index is 0.0439. The molecule has 7 nitrogen and oxygen atoms in total. The molecule has 0 unspecified atom stereocenters. The van der Waals surface area contributed by atoms with Crippen LogP contribution < -0.4 is 4.72 Å². The molecular weight excluding hydrogens is 424 g/mol. The van der Waals surface area contributed by atoms with E-state index in [1.807, 2.05) is 36.9 Å². The highest BCUT2D eigenvalue weighted by Gasteiger charge is 2.34. The summed E-state index contributed by atoms with van der Waals surface area (Å²) in [7, 11) is -3.63. The average molecular weight is 455 g/mol. The van der Waals surface area contributed by atoms with Gasteiger partial charge >= 0.3 is 0 Å². The number of hydrogen-bond acceptors (Lipinski definition) is 5. The van der Waals surface area contributed by atoms with Crippen molar-refractivity contribution in [2.24, 2.45) is 10.9 Å². The van der Waals surface area contributed by atoms with Gasteiger partial charge in [-0.3, -0.25) is 19.4 Å². The van der Waals surface area contributed by atoms with Crippen LogP contribution in [0.2, 0.25) is 0 Å². The molecule has 8 heteroatoms. The van der Waals surface area contributed by atoms with Crippen molar-refractivity contribution < 1.29 is 13.2 Å². The fraction of sp³-hybridized carbons (Fsp3) is 0.417. The van der Waals surface area contributed by atoms with E-state index in [0.717, 1.165) is 26.1 Å². The van der Waals surface area contributed by atoms with Crippen LogP contribution in [-0.2, 0) is 21.4 Å². The maximum absolute atomic E-state index is 13.4. The predicted molar refractivity (Wildman–Crippen MR) is 125 cm³/mol. The number of nitrogens with one attached hydrogen (secondary N) is 1. The highest BCUT2D eigenvalue weighted by Crippen LogP contribution is 2.24. The monoisotopic (exact) mass is 454 g/mol. The first-order valence-corrected chi connectivity index (χ1v) is 12.6. The molecule has 0 aromatic heterocycles. The van der Waals surface area contributed by atoms with E-state index in [2.05, 4.69) is 26.7 Å². The first-order valence-electron chi connectivity index (χ1n) is 11.1. The van der Waals surface area contributed by atoms with Crippen LogP contribution in [0.3, 0.4) is 0 Å². The molecule has 4 rings (SSSR count). The molecule has 1 N–H and O–H groups in total. The van der Waals surface area contributed by atoms with Gasteiger partial charge in [0.05, 0.1) is 4.90 Å². The van der Waals surface area contributed by atoms with Crippen molar-refractivity contribution in [3.63, 3.8) is 0 Å². The molecule has 2 aliphatic rings. The number of carbonyl (C=O) groups is 1. The van der Waals surface area contributed by atoms with Crippen LogP contribution in [-0.4, -0.2) is 62.2 Å². The lowest BCUT2D eigenvalue weighted by Crippen LogP contribution is -2.43. The molecule has 2 aromatic rings. The topological polar surface area (TPSA) is 82.1 Å². The molecule has 1 amide bonds. The van der Waals surface area contributed by atoms with Crippen molar-refractivity contribution in [2.75, 3.05) is 26.2 Å². The van der Waals surface area contributed by atoms with Gasteiger partial charge in [0, 0.05) is 38.3 Å². The van der Waals surface area contributed by atoms with Crippen molar-refractivity contribution >= 4 is 21.8 Å². The highest BCUT2D eigenvalue weighted by atomic mass is 32.2. The van der Waals surface area contributed by atoms with E-state index >= 15 is 0 Å². The lowest BCUT2D eigenvalue weighted by Gasteiger charge is -2.26. The molecule has 1 atom stereocenters. The van der Waals surface area contributed by atoms with Crippen molar-refractivity contribution in [3.05, 3.63) is 65.7 Å². The second-order valence-corrected chi connectivity index (χ2v) is 10.4. The van der Waals surface area contributed by atoms with E-state index in [9.17, 15) is 13.2 Å². The van der Waals surface area contributed by atoms with Crippen LogP contribution in [0.25, 0.3) is 0 Å². The zero-order valence-electron chi connectivity index (χ0n) is 18.6. The number of fused-ring (bicyclic) bond motifs is 1. The molecule has 170 valence electrons. The molecule has 32 heavy (non-hydrogen) atoms. The van der Waals surface area contributed by atoms with Crippen LogP contribution in [0.5, 0.6) is 0 Å². The van der Waals surface area contributed by atoms with Crippen LogP contribution in [0.4, 0.5) is 0 Å². The summed E-state index contributed by atoms with van der Waals surface area (Å²) < 4.78 is 27.4. The van der Waals surface area contributed by atoms with Gasteiger partial charge in [-0.15, -0.1) is 0 Å². The third-order valence-electron chi connectivity index (χ3n) is 5.96. The summed E-state index contributed by atoms with van der Waals surface area (Å²) in [5.74, 6) is 0.154. The summed E-state index contributed by atoms with van der Waals surface area (Å²) >= 11 is 0. The number of benzene rings is 2. The van der Waals surface area contributed by atoms with Gasteiger partial charge in [-0.25, -0.2) is 8.42 Å². The van der Waals surface area contributed by atoms with Crippen LogP contribution in [0.15, 0.2) is 64.5 Å². The molecule has 0 saturated carbocycles. The van der Waals surface area contributed by atoms with E-state index < -0.39 is 16.1 Å². The van der Waals surface area contributed by atoms with E-state index in [1.165, 1.54) is 5.56 Å². The molecule has 2 aromatic carbocycles. The van der Waals surface area contributed by atoms with Gasteiger partial charge in [0.15, 0.2) is 0 Å². The third kappa shape index (κ3) is 4.86. The fourth-order valence-electron chi connectivity index (χ4n) is 4.24. The lowest BCUT2D eigenvalue weighted by atomic mass is 10.0. The second-order valence-electron chi connectivity index (χ2n) is 8.71. The van der Waals surface area contributed by atoms with E-state index in [-0.39, 0.29) is 22.6 Å². The smallest absolute Gasteiger partial charge is 0.263 e. The summed E-state index contributed by atoms with van der Waals surface area (Å²) in [6.07, 6.45) is 0.898. The lowest BCUT2D eigenvalue weighted by molar-refractivity contribution is -0.133. The van der Waals surface area contributed by atoms with Gasteiger partial charge < -0.3 is 4.90 Å². The minimum Gasteiger partial charge on any atom is -0.340 e. The molecule has 2 aliphatic heterocycles. The van der Waals surface area contributed by atoms with E-state index in [4.69, 9.17) is 0 Å². The Balaban J connectivity index is 1.49. The molecule has 0 bridgehead atoms. The molecule has 1 saturated heterocycles. The maximum Gasteiger partial charge on any atom is 0.263 e. The van der Waals surface area contributed by atoms with Crippen molar-refractivity contribution in [1.82, 2.24) is 14.5 Å². The Morgan fingerprint density at radius 1 is 1.00 bits per heavy atom. The zero-order chi connectivity index (χ0) is 22.7. The molecule has 0 radical (unpaired) electrons. The van der Waals surface area contributed by atoms with Gasteiger partial charge in [0.2, 0.25) is 5.91 Å². The number of amides is 1. The molecule has 2 heterocycles. The molecule has 0 aliphatic carbocycles. The Kier molecular flexibility index (Phi) is 6.62. The summed E-state index contributed by atoms with van der Waals surface area (Å²) in [5.41, 5.74) is 1.79. The first-order chi connectivity index (χ1) is 15.3. The van der Waals surface area contributed by atoms with Crippen molar-refractivity contribution in [3.8, 4) is 0 Å². The highest BCUT2D eigenvalue weighted by molar-refractivity contribution is 7.90. The van der Waals surface area contributed by atoms with Gasteiger partial charge in [-0.1, -0.05) is 56.3 Å². The Morgan fingerprint density at radius 2 is 1.72 bits per heavy atom. The first kappa shape index (κ1) is 22.5. The van der Waals surface area contributed by atoms with E-state index in [1.54, 1.807) is 24.3 Å². The number of rotatable bonds is 5. The Labute approximate surface area is 190 Å². The average Bonchev–Trinajstić information content (AvgIpc) is 2.91. The van der Waals surface area contributed by atoms with Crippen molar-refractivity contribution in [1.29, 1.82) is 0 Å². The number of sulfonamides is 1. The second kappa shape index (κ2) is 9.42. The minimum atomic E-state index is -3.63. The van der Waals surface area contributed by atoms with Gasteiger partial charge in [-0.05, 0) is 30.0 Å². The summed E-state index contributed by atoms with van der Waals surface area (Å²) in [4.78, 5) is 22.5. The van der Waals surface area contributed by atoms with Crippen molar-refractivity contribution in [2.45, 2.75) is 37.8 Å². The zero-order valence-corrected chi connectivity index (χ0v) is 19.4. The number of hydrogen-bond donors (Lipinski definition) is 1. The van der Waals surface area contributed by atoms with Crippen LogP contribution >= 0.6 is 0 Å². The maximum atomic E-state index is 13.4. The number of nitrogens with zero attached hydrogens (tertiary/aromatic N) is 3. The Morgan fingerprint density at radius 3 is 2.47 bits per heavy atom. The molecule has 1 fully saturated rings. The normalized spacial score (nSPS) is 20.6. The number of carbonyl (C=O) groups excluding carboxylic acids is 1. The largest absolute Gasteiger partial charge is 0.340 e. The quantitative estimate of drug-likeness (QED) is 0.753. The van der Waals surface area contributed by atoms with Gasteiger partial charge in [0.1, 0.15) is 11.9 Å². The Bertz CT molecular complexity index is 1100. The standard InChI is InChI=1S/C24H30N4O3S/c1-18(2)22(25-23-20-11-6-7-12-21(20)32(30,31)26-23)24(29)28-14-8-13-27(15-16-28)17-19-9-4-3-5-10-19/h3-7,9-12,18,22H,8,13-17H2,1-2H3,(H,25,26)/t22-/m0/s1. The summed E-state index contributed by atoms with van der Waals surface area (Å²) in [6, 6.07) is 16.5. The van der Waals surface area contributed by atoms with Gasteiger partial charge in [-0.2, -0.15) is 0 Å². The molecular formula is C24H30N4O3S. The molecule has 0 spiro atoms. The van der Waals surface area contributed by atoms with Crippen LogP contribution in [0, 0.1) is 5.92 Å². The number of aliphatic imine (C=N–C) groups is 1. The third-order valence-corrected chi connectivity index (χ3v) is 7.36. The summed E-state index contributed by atoms with van der Waals surface area (Å²) in [6.45, 7) is 7.83. The SMILES string of the molecule is CC(C)[C@H](N=C1NS(=O)(=O)c2ccccc21)C(=O)N1CCCN(Cc2ccccc2)CC1. The fourth-order valence-corrected chi connectivity index (χ4v) is 5.48. The van der Waals surface area contributed by atoms with Crippen LogP contribution in [0.1, 0.15) is 31.4 Å². The Hall–Kier alpha value is -2.71. The van der Waals surface area contributed by atoms with E-state index in [0.29, 0.717) is 18.7 Å². The number of amidine groups is 1. The predicted octanol–water partition coefficient (Wildman–Crippen LogP) is 2.48. The van der Waals surface area contributed by atoms with Gasteiger partial charge in [0.25, 0.3) is 10.0 Å². The summed E-state index contributed by atoms with van der Waals surface area (Å²) in [5, 5.41) is 0.